The number of halogens is 1. The van der Waals surface area contributed by atoms with Crippen molar-refractivity contribution in [2.24, 2.45) is 5.92 Å². The number of carbonyl (C=O) groups excluding carboxylic acids is 2. The van der Waals surface area contributed by atoms with E-state index in [1.807, 2.05) is 4.57 Å². The highest BCUT2D eigenvalue weighted by Gasteiger charge is 2.58. The molecule has 2 heterocycles. The summed E-state index contributed by atoms with van der Waals surface area (Å²) in [5.74, 6) is -0.140. The van der Waals surface area contributed by atoms with E-state index in [0.717, 1.165) is 0 Å². The molecule has 0 saturated heterocycles. The third kappa shape index (κ3) is 3.11. The number of hydrogen-bond donors (Lipinski definition) is 1. The molecule has 0 aromatic carbocycles. The number of aromatic nitrogens is 4. The predicted octanol–water partition coefficient (Wildman–Crippen LogP) is 1.21. The van der Waals surface area contributed by atoms with Gasteiger partial charge in [0, 0.05) is 19.8 Å². The minimum atomic E-state index is -0.608. The average Bonchev–Trinajstić information content (AvgIpc) is 3.10. The molecule has 3 rings (SSSR count). The molecule has 0 radical (unpaired) electrons. The molecule has 0 unspecified atom stereocenters. The number of fused-ring (bicyclic) bond motifs is 1. The van der Waals surface area contributed by atoms with Crippen LogP contribution in [0.2, 0.25) is 5.15 Å². The second-order valence-corrected chi connectivity index (χ2v) is 6.48. The van der Waals surface area contributed by atoms with Crippen molar-refractivity contribution in [3.8, 4) is 0 Å². The summed E-state index contributed by atoms with van der Waals surface area (Å²) in [4.78, 5) is 34.9. The van der Waals surface area contributed by atoms with Crippen molar-refractivity contribution in [3.05, 3.63) is 11.0 Å². The quantitative estimate of drug-likeness (QED) is 0.618. The van der Waals surface area contributed by atoms with Gasteiger partial charge in [0.1, 0.15) is 17.9 Å². The Labute approximate surface area is 148 Å². The number of hydrogen-bond acceptors (Lipinski definition) is 8. The number of nitrogens with two attached hydrogens (primary N) is 1. The van der Waals surface area contributed by atoms with E-state index in [2.05, 4.69) is 15.0 Å². The topological polar surface area (TPSA) is 122 Å². The fraction of sp³-hybridized carbons (Fsp3) is 0.533. The molecule has 25 heavy (non-hydrogen) atoms. The lowest BCUT2D eigenvalue weighted by atomic mass is 10.2. The summed E-state index contributed by atoms with van der Waals surface area (Å²) in [5.41, 5.74) is 5.91. The zero-order valence-corrected chi connectivity index (χ0v) is 14.8. The van der Waals surface area contributed by atoms with Crippen molar-refractivity contribution in [3.63, 3.8) is 0 Å². The molecule has 10 heteroatoms. The Morgan fingerprint density at radius 3 is 2.60 bits per heavy atom. The van der Waals surface area contributed by atoms with E-state index in [-0.39, 0.29) is 36.2 Å². The Morgan fingerprint density at radius 1 is 1.28 bits per heavy atom. The number of anilines is 1. The first kappa shape index (κ1) is 17.4. The molecule has 1 saturated carbocycles. The molecule has 9 nitrogen and oxygen atoms in total. The van der Waals surface area contributed by atoms with E-state index in [1.54, 1.807) is 6.92 Å². The van der Waals surface area contributed by atoms with E-state index < -0.39 is 11.5 Å². The van der Waals surface area contributed by atoms with Crippen molar-refractivity contribution in [2.45, 2.75) is 32.7 Å². The molecule has 0 aliphatic heterocycles. The Bertz CT molecular complexity index is 867. The molecule has 2 aromatic rings. The second-order valence-electron chi connectivity index (χ2n) is 6.13. The summed E-state index contributed by atoms with van der Waals surface area (Å²) in [5, 5.41) is 0.170. The third-order valence-electron chi connectivity index (χ3n) is 4.31. The predicted molar refractivity (Wildman–Crippen MR) is 88.8 cm³/mol. The minimum Gasteiger partial charge on any atom is -0.465 e. The number of aryl methyl sites for hydroxylation is 1. The maximum Gasteiger partial charge on any atom is 0.302 e. The minimum absolute atomic E-state index is 0.0310. The van der Waals surface area contributed by atoms with Crippen LogP contribution in [0, 0.1) is 12.8 Å². The van der Waals surface area contributed by atoms with Crippen molar-refractivity contribution < 1.29 is 19.1 Å². The van der Waals surface area contributed by atoms with E-state index in [9.17, 15) is 9.59 Å². The van der Waals surface area contributed by atoms with Gasteiger partial charge in [0.15, 0.2) is 10.8 Å². The Hall–Kier alpha value is -2.42. The van der Waals surface area contributed by atoms with E-state index >= 15 is 0 Å². The number of carbonyl (C=O) groups is 2. The average molecular weight is 368 g/mol. The first-order valence-electron chi connectivity index (χ1n) is 7.70. The van der Waals surface area contributed by atoms with E-state index in [1.165, 1.54) is 13.8 Å². The monoisotopic (exact) mass is 367 g/mol. The number of imidazole rings is 1. The van der Waals surface area contributed by atoms with Crippen molar-refractivity contribution in [2.75, 3.05) is 18.9 Å². The number of nitrogen functional groups attached to an aromatic ring is 1. The first-order valence-corrected chi connectivity index (χ1v) is 8.07. The smallest absolute Gasteiger partial charge is 0.302 e. The van der Waals surface area contributed by atoms with Gasteiger partial charge in [0.2, 0.25) is 5.95 Å². The molecule has 2 aromatic heterocycles. The van der Waals surface area contributed by atoms with Gasteiger partial charge < -0.3 is 19.8 Å². The standard InChI is InChI=1S/C15H18ClN5O4/c1-7-18-13-11(12(16)19-14(17)20-13)21(7)15(6-25-9(3)23)4-10(15)5-24-8(2)22/h10H,4-6H2,1-3H3,(H2,17,19,20)/t10-,15+/m0/s1. The highest BCUT2D eigenvalue weighted by Crippen LogP contribution is 2.53. The van der Waals surface area contributed by atoms with Gasteiger partial charge >= 0.3 is 11.9 Å². The highest BCUT2D eigenvalue weighted by molar-refractivity contribution is 6.33. The Morgan fingerprint density at radius 2 is 1.96 bits per heavy atom. The van der Waals surface area contributed by atoms with Gasteiger partial charge in [0.25, 0.3) is 0 Å². The lowest BCUT2D eigenvalue weighted by molar-refractivity contribution is -0.144. The van der Waals surface area contributed by atoms with Gasteiger partial charge in [0.05, 0.1) is 12.1 Å². The van der Waals surface area contributed by atoms with Crippen molar-refractivity contribution in [1.29, 1.82) is 0 Å². The SMILES string of the molecule is CC(=O)OC[C@@H]1C[C@]1(COC(C)=O)n1c(C)nc2nc(N)nc(Cl)c21. The van der Waals surface area contributed by atoms with Crippen LogP contribution in [0.25, 0.3) is 11.2 Å². The molecule has 134 valence electrons. The number of ether oxygens (including phenoxy) is 2. The summed E-state index contributed by atoms with van der Waals surface area (Å²) in [6.07, 6.45) is 0.639. The fourth-order valence-corrected chi connectivity index (χ4v) is 3.41. The second kappa shape index (κ2) is 6.14. The lowest BCUT2D eigenvalue weighted by Crippen LogP contribution is -2.30. The number of nitrogens with zero attached hydrogens (tertiary/aromatic N) is 4. The van der Waals surface area contributed by atoms with Gasteiger partial charge in [-0.15, -0.1) is 0 Å². The van der Waals surface area contributed by atoms with Crippen LogP contribution in [0.5, 0.6) is 0 Å². The van der Waals surface area contributed by atoms with Gasteiger partial charge in [-0.2, -0.15) is 9.97 Å². The van der Waals surface area contributed by atoms with Crippen LogP contribution in [-0.2, 0) is 24.6 Å². The highest BCUT2D eigenvalue weighted by atomic mass is 35.5. The summed E-state index contributed by atoms with van der Waals surface area (Å²) >= 11 is 6.27. The maximum atomic E-state index is 11.3. The van der Waals surface area contributed by atoms with Crippen molar-refractivity contribution >= 4 is 40.7 Å². The molecule has 0 spiro atoms. The Kier molecular flexibility index (Phi) is 4.28. The zero-order chi connectivity index (χ0) is 18.4. The first-order chi connectivity index (χ1) is 11.7. The van der Waals surface area contributed by atoms with Crippen LogP contribution in [0.4, 0.5) is 5.95 Å². The molecular formula is C15H18ClN5O4. The number of esters is 2. The van der Waals surface area contributed by atoms with Crippen LogP contribution < -0.4 is 5.73 Å². The molecule has 2 N–H and O–H groups in total. The fourth-order valence-electron chi connectivity index (χ4n) is 3.15. The van der Waals surface area contributed by atoms with Crippen LogP contribution in [-0.4, -0.2) is 44.7 Å². The molecule has 0 amide bonds. The molecule has 1 fully saturated rings. The largest absolute Gasteiger partial charge is 0.465 e. The van der Waals surface area contributed by atoms with Crippen molar-refractivity contribution in [1.82, 2.24) is 19.5 Å². The third-order valence-corrected chi connectivity index (χ3v) is 4.58. The number of rotatable bonds is 5. The zero-order valence-electron chi connectivity index (χ0n) is 14.1. The van der Waals surface area contributed by atoms with Gasteiger partial charge in [-0.05, 0) is 13.3 Å². The van der Waals surface area contributed by atoms with Crippen LogP contribution in [0.3, 0.4) is 0 Å². The normalized spacial score (nSPS) is 22.0. The summed E-state index contributed by atoms with van der Waals surface area (Å²) < 4.78 is 12.3. The molecule has 1 aliphatic carbocycles. The van der Waals surface area contributed by atoms with E-state index in [0.29, 0.717) is 23.4 Å². The summed E-state index contributed by atoms with van der Waals surface area (Å²) in [7, 11) is 0. The Balaban J connectivity index is 2.05. The lowest BCUT2D eigenvalue weighted by Gasteiger charge is -2.22. The molecule has 0 bridgehead atoms. The van der Waals surface area contributed by atoms with Crippen LogP contribution >= 0.6 is 11.6 Å². The summed E-state index contributed by atoms with van der Waals surface area (Å²) in [6, 6.07) is 0. The van der Waals surface area contributed by atoms with E-state index in [4.69, 9.17) is 26.8 Å². The van der Waals surface area contributed by atoms with Gasteiger partial charge in [-0.1, -0.05) is 11.6 Å². The van der Waals surface area contributed by atoms with Crippen LogP contribution in [0.1, 0.15) is 26.1 Å². The molecule has 2 atom stereocenters. The summed E-state index contributed by atoms with van der Waals surface area (Å²) in [6.45, 7) is 4.81. The van der Waals surface area contributed by atoms with Gasteiger partial charge in [-0.3, -0.25) is 9.59 Å². The molecule has 1 aliphatic rings. The van der Waals surface area contributed by atoms with Gasteiger partial charge in [-0.25, -0.2) is 4.98 Å². The maximum absolute atomic E-state index is 11.3. The van der Waals surface area contributed by atoms with Crippen LogP contribution in [0.15, 0.2) is 0 Å². The molecular weight excluding hydrogens is 350 g/mol.